The SMILES string of the molecule is Cc1ccc([C@@H](C)NC(=O)NCC(=O)N(C)CC(F)(F)F)o1. The minimum Gasteiger partial charge on any atom is -0.464 e. The van der Waals surface area contributed by atoms with E-state index in [2.05, 4.69) is 10.6 Å². The highest BCUT2D eigenvalue weighted by atomic mass is 19.4. The lowest BCUT2D eigenvalue weighted by molar-refractivity contribution is -0.157. The van der Waals surface area contributed by atoms with Crippen molar-refractivity contribution in [3.05, 3.63) is 23.7 Å². The van der Waals surface area contributed by atoms with Crippen LogP contribution in [0.1, 0.15) is 24.5 Å². The van der Waals surface area contributed by atoms with E-state index in [0.717, 1.165) is 7.05 Å². The van der Waals surface area contributed by atoms with Gasteiger partial charge in [0.1, 0.15) is 18.1 Å². The number of likely N-dealkylation sites (N-methyl/N-ethyl adjacent to an activating group) is 1. The normalized spacial score (nSPS) is 12.6. The number of halogens is 3. The second-order valence-corrected chi connectivity index (χ2v) is 4.86. The fourth-order valence-corrected chi connectivity index (χ4v) is 1.65. The molecule has 2 N–H and O–H groups in total. The van der Waals surface area contributed by atoms with E-state index in [9.17, 15) is 22.8 Å². The van der Waals surface area contributed by atoms with E-state index >= 15 is 0 Å². The topological polar surface area (TPSA) is 74.6 Å². The van der Waals surface area contributed by atoms with E-state index in [1.54, 1.807) is 26.0 Å². The van der Waals surface area contributed by atoms with E-state index < -0.39 is 37.2 Å². The van der Waals surface area contributed by atoms with Gasteiger partial charge in [-0.25, -0.2) is 4.79 Å². The molecule has 0 radical (unpaired) electrons. The summed E-state index contributed by atoms with van der Waals surface area (Å²) in [6.07, 6.45) is -4.47. The van der Waals surface area contributed by atoms with Crippen molar-refractivity contribution in [2.24, 2.45) is 0 Å². The average Bonchev–Trinajstić information content (AvgIpc) is 2.80. The molecular formula is C13H18F3N3O3. The standard InChI is InChI=1S/C13H18F3N3O3/c1-8-4-5-10(22-8)9(2)18-12(21)17-6-11(20)19(3)7-13(14,15)16/h4-5,9H,6-7H2,1-3H3,(H2,17,18,21)/t9-/m1/s1. The third-order valence-electron chi connectivity index (χ3n) is 2.78. The Morgan fingerprint density at radius 1 is 1.36 bits per heavy atom. The molecule has 124 valence electrons. The van der Waals surface area contributed by atoms with Crippen LogP contribution in [0.4, 0.5) is 18.0 Å². The third-order valence-corrected chi connectivity index (χ3v) is 2.78. The Morgan fingerprint density at radius 3 is 2.50 bits per heavy atom. The molecule has 0 bridgehead atoms. The summed E-state index contributed by atoms with van der Waals surface area (Å²) < 4.78 is 41.7. The fraction of sp³-hybridized carbons (Fsp3) is 0.538. The van der Waals surface area contributed by atoms with Gasteiger partial charge in [-0.2, -0.15) is 13.2 Å². The molecule has 6 nitrogen and oxygen atoms in total. The molecule has 0 aliphatic heterocycles. The van der Waals surface area contributed by atoms with Crippen molar-refractivity contribution in [2.75, 3.05) is 20.1 Å². The lowest BCUT2D eigenvalue weighted by Gasteiger charge is -2.19. The summed E-state index contributed by atoms with van der Waals surface area (Å²) in [5, 5.41) is 4.72. The zero-order chi connectivity index (χ0) is 16.9. The van der Waals surface area contributed by atoms with Gasteiger partial charge in [0.2, 0.25) is 5.91 Å². The van der Waals surface area contributed by atoms with Crippen molar-refractivity contribution >= 4 is 11.9 Å². The second kappa shape index (κ2) is 7.19. The van der Waals surface area contributed by atoms with Crippen LogP contribution in [-0.4, -0.2) is 43.2 Å². The number of nitrogens with one attached hydrogen (secondary N) is 2. The predicted molar refractivity (Wildman–Crippen MR) is 72.1 cm³/mol. The maximum Gasteiger partial charge on any atom is 0.406 e. The zero-order valence-corrected chi connectivity index (χ0v) is 12.5. The Kier molecular flexibility index (Phi) is 5.84. The number of amides is 3. The first-order valence-electron chi connectivity index (χ1n) is 6.50. The molecule has 1 heterocycles. The summed E-state index contributed by atoms with van der Waals surface area (Å²) in [7, 11) is 1.02. The minimum absolute atomic E-state index is 0.434. The number of carbonyl (C=O) groups excluding carboxylic acids is 2. The molecule has 9 heteroatoms. The number of alkyl halides is 3. The molecule has 1 atom stereocenters. The van der Waals surface area contributed by atoms with Gasteiger partial charge in [-0.15, -0.1) is 0 Å². The van der Waals surface area contributed by atoms with Crippen LogP contribution in [0.2, 0.25) is 0 Å². The summed E-state index contributed by atoms with van der Waals surface area (Å²) in [5.41, 5.74) is 0. The number of rotatable bonds is 5. The maximum atomic E-state index is 12.1. The lowest BCUT2D eigenvalue weighted by atomic mass is 10.2. The molecule has 1 aromatic heterocycles. The lowest BCUT2D eigenvalue weighted by Crippen LogP contribution is -2.45. The molecule has 0 fully saturated rings. The van der Waals surface area contributed by atoms with Gasteiger partial charge in [0.05, 0.1) is 12.6 Å². The summed E-state index contributed by atoms with van der Waals surface area (Å²) in [5.74, 6) is 0.384. The molecule has 22 heavy (non-hydrogen) atoms. The Morgan fingerprint density at radius 2 is 2.00 bits per heavy atom. The van der Waals surface area contributed by atoms with Crippen LogP contribution in [0.3, 0.4) is 0 Å². The summed E-state index contributed by atoms with van der Waals surface area (Å²) in [6.45, 7) is 1.54. The number of carbonyl (C=O) groups is 2. The molecule has 0 saturated heterocycles. The average molecular weight is 321 g/mol. The first-order chi connectivity index (χ1) is 10.1. The highest BCUT2D eigenvalue weighted by molar-refractivity contribution is 5.83. The van der Waals surface area contributed by atoms with E-state index in [4.69, 9.17) is 4.42 Å². The molecule has 0 aliphatic carbocycles. The number of nitrogens with zero attached hydrogens (tertiary/aromatic N) is 1. The Bertz CT molecular complexity index is 528. The minimum atomic E-state index is -4.47. The van der Waals surface area contributed by atoms with Gasteiger partial charge in [-0.3, -0.25) is 4.79 Å². The van der Waals surface area contributed by atoms with Crippen LogP contribution < -0.4 is 10.6 Å². The van der Waals surface area contributed by atoms with Crippen LogP contribution in [-0.2, 0) is 4.79 Å². The number of aryl methyl sites for hydroxylation is 1. The van der Waals surface area contributed by atoms with Crippen LogP contribution in [0, 0.1) is 6.92 Å². The van der Waals surface area contributed by atoms with Crippen molar-refractivity contribution in [1.29, 1.82) is 0 Å². The fourth-order valence-electron chi connectivity index (χ4n) is 1.65. The van der Waals surface area contributed by atoms with E-state index in [1.807, 2.05) is 0 Å². The van der Waals surface area contributed by atoms with Gasteiger partial charge in [-0.1, -0.05) is 0 Å². The van der Waals surface area contributed by atoms with Crippen LogP contribution in [0.25, 0.3) is 0 Å². The summed E-state index contributed by atoms with van der Waals surface area (Å²) in [4.78, 5) is 23.5. The highest BCUT2D eigenvalue weighted by Crippen LogP contribution is 2.16. The van der Waals surface area contributed by atoms with Crippen LogP contribution in [0.5, 0.6) is 0 Å². The summed E-state index contributed by atoms with van der Waals surface area (Å²) in [6, 6.07) is 2.33. The number of hydrogen-bond acceptors (Lipinski definition) is 3. The van der Waals surface area contributed by atoms with Crippen molar-refractivity contribution in [2.45, 2.75) is 26.1 Å². The molecule has 0 aliphatic rings. The Balaban J connectivity index is 2.38. The monoisotopic (exact) mass is 321 g/mol. The smallest absolute Gasteiger partial charge is 0.406 e. The van der Waals surface area contributed by atoms with Gasteiger partial charge in [0.15, 0.2) is 0 Å². The van der Waals surface area contributed by atoms with Gasteiger partial charge in [0.25, 0.3) is 0 Å². The maximum absolute atomic E-state index is 12.1. The molecule has 1 aromatic rings. The number of furan rings is 1. The van der Waals surface area contributed by atoms with Crippen LogP contribution in [0.15, 0.2) is 16.5 Å². The van der Waals surface area contributed by atoms with E-state index in [1.165, 1.54) is 0 Å². The van der Waals surface area contributed by atoms with E-state index in [-0.39, 0.29) is 0 Å². The van der Waals surface area contributed by atoms with E-state index in [0.29, 0.717) is 16.4 Å². The van der Waals surface area contributed by atoms with Gasteiger partial charge < -0.3 is 20.0 Å². The van der Waals surface area contributed by atoms with Crippen molar-refractivity contribution in [1.82, 2.24) is 15.5 Å². The third kappa shape index (κ3) is 6.06. The molecule has 0 spiro atoms. The molecule has 3 amide bonds. The van der Waals surface area contributed by atoms with Gasteiger partial charge in [0, 0.05) is 7.05 Å². The number of hydrogen-bond donors (Lipinski definition) is 2. The molecule has 0 unspecified atom stereocenters. The first kappa shape index (κ1) is 17.9. The Hall–Kier alpha value is -2.19. The predicted octanol–water partition coefficient (Wildman–Crippen LogP) is 1.97. The van der Waals surface area contributed by atoms with Crippen LogP contribution >= 0.6 is 0 Å². The van der Waals surface area contributed by atoms with Crippen molar-refractivity contribution in [3.63, 3.8) is 0 Å². The second-order valence-electron chi connectivity index (χ2n) is 4.86. The zero-order valence-electron chi connectivity index (χ0n) is 12.5. The molecule has 0 saturated carbocycles. The van der Waals surface area contributed by atoms with Crippen molar-refractivity contribution in [3.8, 4) is 0 Å². The molecule has 1 rings (SSSR count). The van der Waals surface area contributed by atoms with Gasteiger partial charge in [-0.05, 0) is 26.0 Å². The summed E-state index contributed by atoms with van der Waals surface area (Å²) >= 11 is 0. The largest absolute Gasteiger partial charge is 0.464 e. The quantitative estimate of drug-likeness (QED) is 0.871. The molecular weight excluding hydrogens is 303 g/mol. The highest BCUT2D eigenvalue weighted by Gasteiger charge is 2.31. The first-order valence-corrected chi connectivity index (χ1v) is 6.50. The Labute approximate surface area is 125 Å². The van der Waals surface area contributed by atoms with Gasteiger partial charge >= 0.3 is 12.2 Å². The number of urea groups is 1. The molecule has 0 aromatic carbocycles. The van der Waals surface area contributed by atoms with Crippen molar-refractivity contribution < 1.29 is 27.2 Å².